The van der Waals surface area contributed by atoms with Gasteiger partial charge in [-0.15, -0.1) is 0 Å². The Bertz CT molecular complexity index is 213. The van der Waals surface area contributed by atoms with Crippen LogP contribution >= 0.6 is 0 Å². The molecule has 6 N–H and O–H groups in total. The molecule has 0 fully saturated rings. The molecule has 0 bridgehead atoms. The zero-order chi connectivity index (χ0) is 10.5. The highest BCUT2D eigenvalue weighted by Gasteiger charge is 2.23. The van der Waals surface area contributed by atoms with Gasteiger partial charge in [-0.25, -0.2) is 0 Å². The van der Waals surface area contributed by atoms with Crippen molar-refractivity contribution >= 4 is 11.7 Å². The second-order valence-corrected chi connectivity index (χ2v) is 3.26. The van der Waals surface area contributed by atoms with Gasteiger partial charge >= 0.3 is 0 Å². The molecular weight excluding hydrogens is 172 g/mol. The SMILES string of the molecule is CC(C)(NCCC(N)=NO)C(N)=O. The minimum atomic E-state index is -0.768. The van der Waals surface area contributed by atoms with Gasteiger partial charge < -0.3 is 22.0 Å². The molecule has 0 atom stereocenters. The maximum atomic E-state index is 10.8. The third kappa shape index (κ3) is 4.32. The topological polar surface area (TPSA) is 114 Å². The molecule has 0 rings (SSSR count). The minimum Gasteiger partial charge on any atom is -0.409 e. The second kappa shape index (κ2) is 4.66. The quantitative estimate of drug-likeness (QED) is 0.191. The molecule has 0 aliphatic rings. The van der Waals surface area contributed by atoms with Gasteiger partial charge in [0, 0.05) is 13.0 Å². The van der Waals surface area contributed by atoms with Crippen LogP contribution in [0.1, 0.15) is 20.3 Å². The van der Waals surface area contributed by atoms with Crippen LogP contribution in [0.3, 0.4) is 0 Å². The normalized spacial score (nSPS) is 12.9. The van der Waals surface area contributed by atoms with Crippen LogP contribution < -0.4 is 16.8 Å². The van der Waals surface area contributed by atoms with Crippen LogP contribution in [0.4, 0.5) is 0 Å². The highest BCUT2D eigenvalue weighted by Crippen LogP contribution is 1.99. The van der Waals surface area contributed by atoms with E-state index >= 15 is 0 Å². The van der Waals surface area contributed by atoms with Crippen LogP contribution in [0.2, 0.25) is 0 Å². The first-order valence-corrected chi connectivity index (χ1v) is 3.91. The van der Waals surface area contributed by atoms with Crippen molar-refractivity contribution in [2.75, 3.05) is 6.54 Å². The van der Waals surface area contributed by atoms with E-state index in [4.69, 9.17) is 16.7 Å². The van der Waals surface area contributed by atoms with Crippen LogP contribution in [-0.4, -0.2) is 29.0 Å². The number of carbonyl (C=O) groups excluding carboxylic acids is 1. The van der Waals surface area contributed by atoms with Gasteiger partial charge in [0.05, 0.1) is 5.54 Å². The number of hydrogen-bond acceptors (Lipinski definition) is 4. The van der Waals surface area contributed by atoms with Gasteiger partial charge in [-0.05, 0) is 13.8 Å². The molecule has 0 aromatic carbocycles. The van der Waals surface area contributed by atoms with Crippen molar-refractivity contribution in [2.24, 2.45) is 16.6 Å². The van der Waals surface area contributed by atoms with Crippen LogP contribution in [0.25, 0.3) is 0 Å². The van der Waals surface area contributed by atoms with Gasteiger partial charge in [0.15, 0.2) is 0 Å². The van der Waals surface area contributed by atoms with E-state index in [2.05, 4.69) is 10.5 Å². The van der Waals surface area contributed by atoms with Crippen molar-refractivity contribution in [2.45, 2.75) is 25.8 Å². The van der Waals surface area contributed by atoms with Crippen molar-refractivity contribution in [1.82, 2.24) is 5.32 Å². The summed E-state index contributed by atoms with van der Waals surface area (Å²) in [5.74, 6) is -0.320. The number of oxime groups is 1. The first-order valence-electron chi connectivity index (χ1n) is 3.91. The number of hydrogen-bond donors (Lipinski definition) is 4. The van der Waals surface area contributed by atoms with Crippen LogP contribution in [0.15, 0.2) is 5.16 Å². The molecule has 0 unspecified atom stereocenters. The molecule has 0 saturated heterocycles. The molecule has 0 aromatic rings. The number of nitrogens with two attached hydrogens (primary N) is 2. The number of amides is 1. The number of amidine groups is 1. The van der Waals surface area contributed by atoms with E-state index in [1.807, 2.05) is 0 Å². The Morgan fingerprint density at radius 3 is 2.46 bits per heavy atom. The zero-order valence-corrected chi connectivity index (χ0v) is 7.87. The summed E-state index contributed by atoms with van der Waals surface area (Å²) in [4.78, 5) is 10.8. The fraction of sp³-hybridized carbons (Fsp3) is 0.714. The molecule has 0 aliphatic carbocycles. The van der Waals surface area contributed by atoms with Crippen molar-refractivity contribution < 1.29 is 10.0 Å². The average Bonchev–Trinajstić information content (AvgIpc) is 2.03. The van der Waals surface area contributed by atoms with Crippen molar-refractivity contribution in [3.05, 3.63) is 0 Å². The van der Waals surface area contributed by atoms with E-state index in [1.165, 1.54) is 0 Å². The van der Waals surface area contributed by atoms with Crippen molar-refractivity contribution in [3.8, 4) is 0 Å². The summed E-state index contributed by atoms with van der Waals surface area (Å²) in [6, 6.07) is 0. The van der Waals surface area contributed by atoms with E-state index in [9.17, 15) is 4.79 Å². The molecule has 6 nitrogen and oxygen atoms in total. The van der Waals surface area contributed by atoms with Gasteiger partial charge in [0.2, 0.25) is 5.91 Å². The molecule has 1 amide bonds. The predicted molar refractivity (Wildman–Crippen MR) is 49.3 cm³/mol. The van der Waals surface area contributed by atoms with E-state index in [1.54, 1.807) is 13.8 Å². The number of carbonyl (C=O) groups is 1. The Hall–Kier alpha value is -1.30. The molecule has 0 radical (unpaired) electrons. The highest BCUT2D eigenvalue weighted by molar-refractivity contribution is 5.84. The Labute approximate surface area is 77.0 Å². The third-order valence-corrected chi connectivity index (χ3v) is 1.69. The summed E-state index contributed by atoms with van der Waals surface area (Å²) in [7, 11) is 0. The van der Waals surface area contributed by atoms with Crippen LogP contribution in [0, 0.1) is 0 Å². The third-order valence-electron chi connectivity index (χ3n) is 1.69. The lowest BCUT2D eigenvalue weighted by molar-refractivity contribution is -0.123. The van der Waals surface area contributed by atoms with Gasteiger partial charge in [-0.3, -0.25) is 4.79 Å². The molecule has 0 saturated carbocycles. The summed E-state index contributed by atoms with van der Waals surface area (Å²) in [5.41, 5.74) is 9.56. The number of primary amides is 1. The Balaban J connectivity index is 3.83. The highest BCUT2D eigenvalue weighted by atomic mass is 16.4. The summed E-state index contributed by atoms with van der Waals surface area (Å²) in [6.45, 7) is 3.77. The first kappa shape index (κ1) is 11.7. The Morgan fingerprint density at radius 1 is 1.54 bits per heavy atom. The van der Waals surface area contributed by atoms with Gasteiger partial charge in [-0.2, -0.15) is 0 Å². The fourth-order valence-corrected chi connectivity index (χ4v) is 0.640. The van der Waals surface area contributed by atoms with Gasteiger partial charge in [0.25, 0.3) is 0 Å². The monoisotopic (exact) mass is 188 g/mol. The zero-order valence-electron chi connectivity index (χ0n) is 7.87. The predicted octanol–water partition coefficient (Wildman–Crippen LogP) is -1.02. The molecule has 0 aromatic heterocycles. The smallest absolute Gasteiger partial charge is 0.237 e. The maximum absolute atomic E-state index is 10.8. The average molecular weight is 188 g/mol. The molecular formula is C7H16N4O2. The minimum absolute atomic E-state index is 0.118. The summed E-state index contributed by atoms with van der Waals surface area (Å²) < 4.78 is 0. The summed E-state index contributed by atoms with van der Waals surface area (Å²) in [5, 5.41) is 13.9. The molecule has 0 aliphatic heterocycles. The lowest BCUT2D eigenvalue weighted by Gasteiger charge is -2.21. The van der Waals surface area contributed by atoms with Crippen LogP contribution in [-0.2, 0) is 4.79 Å². The Kier molecular flexibility index (Phi) is 4.19. The van der Waals surface area contributed by atoms with Crippen molar-refractivity contribution in [1.29, 1.82) is 0 Å². The molecule has 13 heavy (non-hydrogen) atoms. The lowest BCUT2D eigenvalue weighted by Crippen LogP contribution is -2.51. The Morgan fingerprint density at radius 2 is 2.08 bits per heavy atom. The largest absolute Gasteiger partial charge is 0.409 e. The number of nitrogens with one attached hydrogen (secondary N) is 1. The van der Waals surface area contributed by atoms with E-state index < -0.39 is 11.4 Å². The molecule has 0 heterocycles. The molecule has 76 valence electrons. The van der Waals surface area contributed by atoms with Gasteiger partial charge in [0.1, 0.15) is 5.84 Å². The van der Waals surface area contributed by atoms with E-state index in [0.717, 1.165) is 0 Å². The standard InChI is InChI=1S/C7H16N4O2/c1-7(2,6(9)12)10-4-3-5(8)11-13/h10,13H,3-4H2,1-2H3,(H2,8,11)(H2,9,12). The first-order chi connectivity index (χ1) is 5.90. The van der Waals surface area contributed by atoms with E-state index in [-0.39, 0.29) is 5.84 Å². The summed E-state index contributed by atoms with van der Waals surface area (Å²) in [6.07, 6.45) is 0.368. The van der Waals surface area contributed by atoms with Crippen LogP contribution in [0.5, 0.6) is 0 Å². The molecule has 6 heteroatoms. The lowest BCUT2D eigenvalue weighted by atomic mass is 10.1. The number of nitrogens with zero attached hydrogens (tertiary/aromatic N) is 1. The van der Waals surface area contributed by atoms with Gasteiger partial charge in [-0.1, -0.05) is 5.16 Å². The number of rotatable bonds is 5. The molecule has 0 spiro atoms. The maximum Gasteiger partial charge on any atom is 0.237 e. The second-order valence-electron chi connectivity index (χ2n) is 3.26. The van der Waals surface area contributed by atoms with Crippen molar-refractivity contribution in [3.63, 3.8) is 0 Å². The van der Waals surface area contributed by atoms with E-state index in [0.29, 0.717) is 13.0 Å². The summed E-state index contributed by atoms with van der Waals surface area (Å²) >= 11 is 0. The fourth-order valence-electron chi connectivity index (χ4n) is 0.640.